The average molecular weight is 382 g/mol. The van der Waals surface area contributed by atoms with Gasteiger partial charge in [-0.1, -0.05) is 6.08 Å². The molecule has 11 heteroatoms. The molecule has 3 rings (SSSR count). The maximum absolute atomic E-state index is 13.9. The summed E-state index contributed by atoms with van der Waals surface area (Å²) in [6.45, 7) is 3.39. The third kappa shape index (κ3) is 3.77. The number of alkyl halides is 1. The van der Waals surface area contributed by atoms with Crippen molar-refractivity contribution in [1.29, 1.82) is 0 Å². The molecule has 0 saturated carbocycles. The van der Waals surface area contributed by atoms with Crippen molar-refractivity contribution < 1.29 is 32.8 Å². The molecule has 0 radical (unpaired) electrons. The Kier molecular flexibility index (Phi) is 5.40. The van der Waals surface area contributed by atoms with Crippen molar-refractivity contribution in [3.63, 3.8) is 0 Å². The predicted octanol–water partition coefficient (Wildman–Crippen LogP) is 0.516. The number of hydrogen-bond acceptors (Lipinski definition) is 7. The van der Waals surface area contributed by atoms with E-state index in [-0.39, 0.29) is 19.7 Å². The minimum Gasteiger partial charge on any atom is -0.462 e. The van der Waals surface area contributed by atoms with Crippen molar-refractivity contribution >= 4 is 17.9 Å². The minimum atomic E-state index is -2.43. The summed E-state index contributed by atoms with van der Waals surface area (Å²) in [4.78, 5) is 46.5. The number of hydroxylamine groups is 2. The average Bonchev–Trinajstić information content (AvgIpc) is 3.23. The summed E-state index contributed by atoms with van der Waals surface area (Å²) in [5, 5.41) is 3.40. The van der Waals surface area contributed by atoms with Gasteiger partial charge in [0.25, 0.3) is 0 Å². The molecule has 2 aliphatic heterocycles. The van der Waals surface area contributed by atoms with Crippen LogP contribution in [-0.4, -0.2) is 64.4 Å². The number of fused-ring (bicyclic) bond motifs is 2. The van der Waals surface area contributed by atoms with Crippen molar-refractivity contribution in [3.8, 4) is 0 Å². The Morgan fingerprint density at radius 1 is 1.52 bits per heavy atom. The van der Waals surface area contributed by atoms with E-state index in [2.05, 4.69) is 15.0 Å². The minimum absolute atomic E-state index is 0.0160. The molecule has 2 aliphatic rings. The summed E-state index contributed by atoms with van der Waals surface area (Å²) in [6, 6.07) is -2.20. The van der Waals surface area contributed by atoms with E-state index >= 15 is 0 Å². The highest BCUT2D eigenvalue weighted by molar-refractivity contribution is 5.91. The number of amides is 3. The van der Waals surface area contributed by atoms with E-state index in [1.54, 1.807) is 13.0 Å². The Morgan fingerprint density at radius 3 is 2.96 bits per heavy atom. The maximum Gasteiger partial charge on any atom is 0.370 e. The molecule has 10 nitrogen and oxygen atoms in total. The van der Waals surface area contributed by atoms with Gasteiger partial charge in [-0.25, -0.2) is 23.8 Å². The predicted molar refractivity (Wildman–Crippen MR) is 86.2 cm³/mol. The highest BCUT2D eigenvalue weighted by Crippen LogP contribution is 2.30. The van der Waals surface area contributed by atoms with Gasteiger partial charge in [-0.05, 0) is 19.4 Å². The second kappa shape index (κ2) is 7.74. The summed E-state index contributed by atoms with van der Waals surface area (Å²) in [6.07, 6.45) is 2.04. The van der Waals surface area contributed by atoms with E-state index in [9.17, 15) is 18.8 Å². The number of ether oxygens (including phenoxy) is 1. The summed E-state index contributed by atoms with van der Waals surface area (Å²) in [7, 11) is 0. The van der Waals surface area contributed by atoms with Crippen molar-refractivity contribution in [1.82, 2.24) is 20.3 Å². The maximum atomic E-state index is 13.9. The Bertz CT molecular complexity index is 752. The van der Waals surface area contributed by atoms with Gasteiger partial charge in [-0.15, -0.1) is 0 Å². The number of halogens is 1. The van der Waals surface area contributed by atoms with E-state index in [1.807, 2.05) is 0 Å². The second-order valence-electron chi connectivity index (χ2n) is 5.96. The zero-order valence-corrected chi connectivity index (χ0v) is 14.8. The van der Waals surface area contributed by atoms with E-state index in [4.69, 9.17) is 9.25 Å². The highest BCUT2D eigenvalue weighted by atomic mass is 19.1. The van der Waals surface area contributed by atoms with Crippen LogP contribution in [0.4, 0.5) is 9.18 Å². The van der Waals surface area contributed by atoms with Gasteiger partial charge >= 0.3 is 18.4 Å². The van der Waals surface area contributed by atoms with E-state index in [1.165, 1.54) is 24.3 Å². The van der Waals surface area contributed by atoms with Gasteiger partial charge in [0.15, 0.2) is 0 Å². The van der Waals surface area contributed by atoms with Gasteiger partial charge in [0.05, 0.1) is 31.9 Å². The summed E-state index contributed by atoms with van der Waals surface area (Å²) < 4.78 is 23.4. The highest BCUT2D eigenvalue weighted by Gasteiger charge is 2.48. The first-order valence-corrected chi connectivity index (χ1v) is 8.34. The molecule has 146 valence electrons. The van der Waals surface area contributed by atoms with Crippen LogP contribution >= 0.6 is 0 Å². The number of carbonyl (C=O) groups excluding carboxylic acids is 3. The molecule has 2 bridgehead atoms. The number of nitrogens with zero attached hydrogens (tertiary/aromatic N) is 3. The molecule has 27 heavy (non-hydrogen) atoms. The lowest BCUT2D eigenvalue weighted by Crippen LogP contribution is -2.50. The molecular formula is C16H19FN4O6. The first kappa shape index (κ1) is 18.8. The van der Waals surface area contributed by atoms with Gasteiger partial charge in [-0.3, -0.25) is 4.79 Å². The van der Waals surface area contributed by atoms with Gasteiger partial charge in [0.1, 0.15) is 12.3 Å². The molecule has 3 atom stereocenters. The smallest absolute Gasteiger partial charge is 0.370 e. The molecule has 3 heterocycles. The molecule has 1 aromatic rings. The Balaban J connectivity index is 1.67. The Morgan fingerprint density at radius 2 is 2.30 bits per heavy atom. The van der Waals surface area contributed by atoms with Crippen LogP contribution in [0.25, 0.3) is 0 Å². The van der Waals surface area contributed by atoms with E-state index < -0.39 is 36.3 Å². The van der Waals surface area contributed by atoms with Crippen molar-refractivity contribution in [2.75, 3.05) is 13.2 Å². The lowest BCUT2D eigenvalue weighted by Gasteiger charge is -2.28. The van der Waals surface area contributed by atoms with Crippen molar-refractivity contribution in [3.05, 3.63) is 30.0 Å². The summed E-state index contributed by atoms with van der Waals surface area (Å²) in [5.74, 6) is -1.33. The molecule has 0 aromatic carbocycles. The van der Waals surface area contributed by atoms with Gasteiger partial charge in [0, 0.05) is 0 Å². The molecule has 1 saturated heterocycles. The van der Waals surface area contributed by atoms with Crippen LogP contribution in [0.3, 0.4) is 0 Å². The molecule has 1 fully saturated rings. The third-order valence-electron chi connectivity index (χ3n) is 4.14. The monoisotopic (exact) mass is 382 g/mol. The van der Waals surface area contributed by atoms with Gasteiger partial charge < -0.3 is 19.4 Å². The van der Waals surface area contributed by atoms with Crippen LogP contribution < -0.4 is 5.32 Å². The standard InChI is InChI=1S/C16H19FN4O6/c1-3-25-15(23)13(17)27-21-10-6-9(2)12(20(8-10)16(21)24)14(22)19-7-11-18-4-5-26-11/h4-6,10,12-13H,3,7-8H2,1-2H3,(H,19,22)/t10-,12+,13-/m1/s1. The number of oxazole rings is 1. The molecule has 0 aliphatic carbocycles. The first-order chi connectivity index (χ1) is 12.9. The number of hydrogen-bond donors (Lipinski definition) is 1. The van der Waals surface area contributed by atoms with Crippen LogP contribution in [0.1, 0.15) is 19.7 Å². The molecule has 0 unspecified atom stereocenters. The number of rotatable bonds is 7. The van der Waals surface area contributed by atoms with Crippen molar-refractivity contribution in [2.24, 2.45) is 0 Å². The SMILES string of the molecule is CCOC(=O)[C@H](F)ON1C(=O)N2C[C@H]1C=C(C)[C@H]2C(=O)NCc1ncco1. The van der Waals surface area contributed by atoms with Crippen LogP contribution in [-0.2, 0) is 25.7 Å². The number of carbonyl (C=O) groups is 3. The van der Waals surface area contributed by atoms with Crippen LogP contribution in [0, 0.1) is 0 Å². The fourth-order valence-electron chi connectivity index (χ4n) is 3.02. The van der Waals surface area contributed by atoms with E-state index in [0.29, 0.717) is 11.5 Å². The largest absolute Gasteiger partial charge is 0.462 e. The molecular weight excluding hydrogens is 363 g/mol. The quantitative estimate of drug-likeness (QED) is 0.540. The second-order valence-corrected chi connectivity index (χ2v) is 5.96. The summed E-state index contributed by atoms with van der Waals surface area (Å²) in [5.41, 5.74) is 0.599. The van der Waals surface area contributed by atoms with Crippen LogP contribution in [0.2, 0.25) is 0 Å². The van der Waals surface area contributed by atoms with Crippen molar-refractivity contribution in [2.45, 2.75) is 38.8 Å². The fraction of sp³-hybridized carbons (Fsp3) is 0.500. The fourth-order valence-corrected chi connectivity index (χ4v) is 3.02. The molecule has 3 amide bonds. The van der Waals surface area contributed by atoms with E-state index in [0.717, 1.165) is 5.06 Å². The lowest BCUT2D eigenvalue weighted by atomic mass is 10.00. The topological polar surface area (TPSA) is 114 Å². The first-order valence-electron chi connectivity index (χ1n) is 8.34. The third-order valence-corrected chi connectivity index (χ3v) is 4.14. The number of urea groups is 1. The number of aromatic nitrogens is 1. The van der Waals surface area contributed by atoms with Gasteiger partial charge in [0.2, 0.25) is 11.8 Å². The van der Waals surface area contributed by atoms with Gasteiger partial charge in [-0.2, -0.15) is 5.06 Å². The van der Waals surface area contributed by atoms with Crippen LogP contribution in [0.15, 0.2) is 28.5 Å². The summed E-state index contributed by atoms with van der Waals surface area (Å²) >= 11 is 0. The number of nitrogens with one attached hydrogen (secondary N) is 1. The molecule has 1 aromatic heterocycles. The molecule has 0 spiro atoms. The van der Waals surface area contributed by atoms with Crippen LogP contribution in [0.5, 0.6) is 0 Å². The zero-order chi connectivity index (χ0) is 19.6. The number of esters is 1. The Labute approximate surface area is 153 Å². The lowest BCUT2D eigenvalue weighted by molar-refractivity contribution is -0.223. The normalized spacial score (nSPS) is 22.5. The zero-order valence-electron chi connectivity index (χ0n) is 14.8. The Hall–Kier alpha value is -2.95. The molecule has 1 N–H and O–H groups in total.